The Bertz CT molecular complexity index is 293. The first-order valence-corrected chi connectivity index (χ1v) is 12.3. The van der Waals surface area contributed by atoms with Crippen molar-refractivity contribution in [1.29, 1.82) is 0 Å². The highest BCUT2D eigenvalue weighted by Gasteiger charge is 1.95. The van der Waals surface area contributed by atoms with E-state index in [4.69, 9.17) is 0 Å². The molecule has 154 valence electrons. The highest BCUT2D eigenvalue weighted by Crippen LogP contribution is 2.15. The molecule has 0 aromatic heterocycles. The average molecular weight is 363 g/mol. The SMILES string of the molecule is CC#CCCCCCCCCCCCCCCCCCCCCCCC. The van der Waals surface area contributed by atoms with Gasteiger partial charge in [0, 0.05) is 6.42 Å². The standard InChI is InChI=1S/C26H50/c1-3-5-7-9-11-13-15-17-19-21-23-25-26-24-22-20-18-16-14-12-10-8-6-4-2/h3,5,7-26H2,1-2H3. The van der Waals surface area contributed by atoms with E-state index >= 15 is 0 Å². The summed E-state index contributed by atoms with van der Waals surface area (Å²) in [6.07, 6.45) is 31.6. The van der Waals surface area contributed by atoms with Gasteiger partial charge in [-0.1, -0.05) is 135 Å². The summed E-state index contributed by atoms with van der Waals surface area (Å²) in [5.41, 5.74) is 0. The van der Waals surface area contributed by atoms with Crippen molar-refractivity contribution in [3.8, 4) is 11.8 Å². The third-order valence-electron chi connectivity index (χ3n) is 5.58. The first-order valence-electron chi connectivity index (χ1n) is 12.3. The van der Waals surface area contributed by atoms with Gasteiger partial charge in [0.2, 0.25) is 0 Å². The predicted octanol–water partition coefficient (Wildman–Crippen LogP) is 9.61. The van der Waals surface area contributed by atoms with Gasteiger partial charge in [-0.15, -0.1) is 11.8 Å². The maximum absolute atomic E-state index is 3.16. The minimum absolute atomic E-state index is 1.11. The average Bonchev–Trinajstić information content (AvgIpc) is 2.66. The quantitative estimate of drug-likeness (QED) is 0.141. The van der Waals surface area contributed by atoms with E-state index in [1.54, 1.807) is 0 Å². The lowest BCUT2D eigenvalue weighted by atomic mass is 10.0. The molecule has 26 heavy (non-hydrogen) atoms. The molecule has 0 bridgehead atoms. The Balaban J connectivity index is 2.97. The van der Waals surface area contributed by atoms with Crippen LogP contribution in [0.1, 0.15) is 155 Å². The van der Waals surface area contributed by atoms with Crippen molar-refractivity contribution in [3.63, 3.8) is 0 Å². The molecule has 0 amide bonds. The summed E-state index contributed by atoms with van der Waals surface area (Å²) in [5.74, 6) is 6.14. The van der Waals surface area contributed by atoms with Crippen molar-refractivity contribution in [3.05, 3.63) is 0 Å². The molecule has 0 saturated heterocycles. The van der Waals surface area contributed by atoms with Crippen molar-refractivity contribution in [2.75, 3.05) is 0 Å². The van der Waals surface area contributed by atoms with Crippen LogP contribution in [0.15, 0.2) is 0 Å². The highest BCUT2D eigenvalue weighted by molar-refractivity contribution is 4.94. The molecule has 0 aliphatic heterocycles. The number of hydrogen-bond acceptors (Lipinski definition) is 0. The summed E-state index contributed by atoms with van der Waals surface area (Å²) in [5, 5.41) is 0. The zero-order valence-corrected chi connectivity index (χ0v) is 18.6. The third kappa shape index (κ3) is 23.6. The first kappa shape index (κ1) is 25.6. The van der Waals surface area contributed by atoms with Crippen LogP contribution in [0, 0.1) is 11.8 Å². The van der Waals surface area contributed by atoms with Crippen LogP contribution in [0.4, 0.5) is 0 Å². The van der Waals surface area contributed by atoms with Crippen molar-refractivity contribution in [2.24, 2.45) is 0 Å². The van der Waals surface area contributed by atoms with Crippen LogP contribution in [0.3, 0.4) is 0 Å². The molecular formula is C26H50. The molecule has 0 aromatic rings. The monoisotopic (exact) mass is 362 g/mol. The van der Waals surface area contributed by atoms with Gasteiger partial charge in [0.25, 0.3) is 0 Å². The molecule has 0 saturated carbocycles. The smallest absolute Gasteiger partial charge is 0.00885 e. The minimum Gasteiger partial charge on any atom is -0.107 e. The van der Waals surface area contributed by atoms with Crippen molar-refractivity contribution >= 4 is 0 Å². The van der Waals surface area contributed by atoms with E-state index in [0.29, 0.717) is 0 Å². The molecule has 0 aromatic carbocycles. The van der Waals surface area contributed by atoms with E-state index in [0.717, 1.165) is 6.42 Å². The van der Waals surface area contributed by atoms with Gasteiger partial charge < -0.3 is 0 Å². The molecule has 0 atom stereocenters. The fourth-order valence-corrected chi connectivity index (χ4v) is 3.77. The lowest BCUT2D eigenvalue weighted by molar-refractivity contribution is 0.520. The molecule has 0 aliphatic rings. The summed E-state index contributed by atoms with van der Waals surface area (Å²) in [4.78, 5) is 0. The zero-order valence-electron chi connectivity index (χ0n) is 18.6. The van der Waals surface area contributed by atoms with Gasteiger partial charge in [-0.25, -0.2) is 0 Å². The van der Waals surface area contributed by atoms with E-state index in [-0.39, 0.29) is 0 Å². The molecule has 0 spiro atoms. The number of rotatable bonds is 21. The summed E-state index contributed by atoms with van der Waals surface area (Å²) in [6, 6.07) is 0. The van der Waals surface area contributed by atoms with E-state index in [1.165, 1.54) is 135 Å². The molecule has 0 unspecified atom stereocenters. The van der Waals surface area contributed by atoms with Crippen molar-refractivity contribution in [1.82, 2.24) is 0 Å². The lowest BCUT2D eigenvalue weighted by Crippen LogP contribution is -1.84. The van der Waals surface area contributed by atoms with Crippen LogP contribution in [0.2, 0.25) is 0 Å². The van der Waals surface area contributed by atoms with E-state index in [1.807, 2.05) is 6.92 Å². The fraction of sp³-hybridized carbons (Fsp3) is 0.923. The van der Waals surface area contributed by atoms with Gasteiger partial charge in [0.05, 0.1) is 0 Å². The van der Waals surface area contributed by atoms with Gasteiger partial charge in [-0.05, 0) is 13.3 Å². The Morgan fingerprint density at radius 2 is 0.654 bits per heavy atom. The van der Waals surface area contributed by atoms with Crippen LogP contribution in [-0.2, 0) is 0 Å². The molecule has 0 nitrogen and oxygen atoms in total. The Morgan fingerprint density at radius 3 is 0.923 bits per heavy atom. The third-order valence-corrected chi connectivity index (χ3v) is 5.58. The van der Waals surface area contributed by atoms with Crippen LogP contribution < -0.4 is 0 Å². The van der Waals surface area contributed by atoms with Crippen molar-refractivity contribution < 1.29 is 0 Å². The molecule has 0 heteroatoms. The molecular weight excluding hydrogens is 312 g/mol. The van der Waals surface area contributed by atoms with Crippen molar-refractivity contribution in [2.45, 2.75) is 155 Å². The van der Waals surface area contributed by atoms with Gasteiger partial charge in [-0.2, -0.15) is 0 Å². The summed E-state index contributed by atoms with van der Waals surface area (Å²) >= 11 is 0. The molecule has 0 radical (unpaired) electrons. The Hall–Kier alpha value is -0.440. The van der Waals surface area contributed by atoms with Gasteiger partial charge >= 0.3 is 0 Å². The summed E-state index contributed by atoms with van der Waals surface area (Å²) in [7, 11) is 0. The van der Waals surface area contributed by atoms with E-state index < -0.39 is 0 Å². The van der Waals surface area contributed by atoms with Gasteiger partial charge in [-0.3, -0.25) is 0 Å². The second-order valence-electron chi connectivity index (χ2n) is 8.25. The number of hydrogen-bond donors (Lipinski definition) is 0. The Morgan fingerprint density at radius 1 is 0.385 bits per heavy atom. The maximum Gasteiger partial charge on any atom is 0.00885 e. The van der Waals surface area contributed by atoms with Crippen LogP contribution >= 0.6 is 0 Å². The van der Waals surface area contributed by atoms with Gasteiger partial charge in [0.15, 0.2) is 0 Å². The Labute approximate surface area is 167 Å². The number of unbranched alkanes of at least 4 members (excludes halogenated alkanes) is 21. The normalized spacial score (nSPS) is 10.7. The topological polar surface area (TPSA) is 0 Å². The summed E-state index contributed by atoms with van der Waals surface area (Å²) in [6.45, 7) is 4.24. The van der Waals surface area contributed by atoms with Gasteiger partial charge in [0.1, 0.15) is 0 Å². The molecule has 0 rings (SSSR count). The lowest BCUT2D eigenvalue weighted by Gasteiger charge is -2.04. The minimum atomic E-state index is 1.11. The molecule has 0 heterocycles. The fourth-order valence-electron chi connectivity index (χ4n) is 3.77. The van der Waals surface area contributed by atoms with E-state index in [9.17, 15) is 0 Å². The largest absolute Gasteiger partial charge is 0.107 e. The van der Waals surface area contributed by atoms with E-state index in [2.05, 4.69) is 18.8 Å². The zero-order chi connectivity index (χ0) is 19.0. The second kappa shape index (κ2) is 24.6. The molecule has 0 fully saturated rings. The Kier molecular flexibility index (Phi) is 24.1. The van der Waals surface area contributed by atoms with Crippen LogP contribution in [0.25, 0.3) is 0 Å². The predicted molar refractivity (Wildman–Crippen MR) is 121 cm³/mol. The highest BCUT2D eigenvalue weighted by atomic mass is 14.0. The maximum atomic E-state index is 3.16. The van der Waals surface area contributed by atoms with Crippen LogP contribution in [-0.4, -0.2) is 0 Å². The van der Waals surface area contributed by atoms with Crippen LogP contribution in [0.5, 0.6) is 0 Å². The molecule has 0 N–H and O–H groups in total. The second-order valence-corrected chi connectivity index (χ2v) is 8.25. The molecule has 0 aliphatic carbocycles. The first-order chi connectivity index (χ1) is 12.9. The summed E-state index contributed by atoms with van der Waals surface area (Å²) < 4.78 is 0.